The molecule has 3 rings (SSSR count). The zero-order chi connectivity index (χ0) is 20.5. The first-order valence-corrected chi connectivity index (χ1v) is 9.47. The first-order valence-electron chi connectivity index (χ1n) is 9.47. The molecule has 0 aliphatic rings. The summed E-state index contributed by atoms with van der Waals surface area (Å²) in [5.74, 6) is 1.31. The Labute approximate surface area is 170 Å². The number of nitrogens with zero attached hydrogens (tertiary/aromatic N) is 1. The predicted molar refractivity (Wildman–Crippen MR) is 114 cm³/mol. The van der Waals surface area contributed by atoms with Gasteiger partial charge in [0.15, 0.2) is 0 Å². The Morgan fingerprint density at radius 2 is 1.76 bits per heavy atom. The second-order valence-corrected chi connectivity index (χ2v) is 6.52. The number of aromatic nitrogens is 1. The maximum atomic E-state index is 12.4. The van der Waals surface area contributed by atoms with Gasteiger partial charge in [-0.15, -0.1) is 0 Å². The van der Waals surface area contributed by atoms with Crippen molar-refractivity contribution in [1.29, 1.82) is 0 Å². The van der Waals surface area contributed by atoms with Crippen molar-refractivity contribution in [2.45, 2.75) is 13.0 Å². The zero-order valence-corrected chi connectivity index (χ0v) is 16.6. The highest BCUT2D eigenvalue weighted by Crippen LogP contribution is 2.19. The molecule has 6 nitrogen and oxygen atoms in total. The van der Waals surface area contributed by atoms with Crippen molar-refractivity contribution in [3.63, 3.8) is 0 Å². The minimum atomic E-state index is -0.188. The van der Waals surface area contributed by atoms with Gasteiger partial charge < -0.3 is 20.1 Å². The minimum Gasteiger partial charge on any atom is -0.497 e. The first-order chi connectivity index (χ1) is 14.2. The van der Waals surface area contributed by atoms with Crippen LogP contribution < -0.4 is 20.1 Å². The summed E-state index contributed by atoms with van der Waals surface area (Å²) in [6.45, 7) is 2.83. The van der Waals surface area contributed by atoms with Crippen LogP contribution in [-0.2, 0) is 0 Å². The maximum Gasteiger partial charge on any atom is 0.253 e. The van der Waals surface area contributed by atoms with Gasteiger partial charge in [0.1, 0.15) is 18.1 Å². The summed E-state index contributed by atoms with van der Waals surface area (Å²) in [5.41, 5.74) is 2.46. The Bertz CT molecular complexity index is 914. The lowest BCUT2D eigenvalue weighted by Gasteiger charge is -2.16. The molecule has 1 heterocycles. The van der Waals surface area contributed by atoms with Crippen LogP contribution in [0.3, 0.4) is 0 Å². The summed E-state index contributed by atoms with van der Waals surface area (Å²) in [5, 5.41) is 6.22. The van der Waals surface area contributed by atoms with Crippen molar-refractivity contribution >= 4 is 11.6 Å². The molecule has 1 atom stereocenters. The highest BCUT2D eigenvalue weighted by molar-refractivity contribution is 5.94. The molecule has 3 aromatic rings. The predicted octanol–water partition coefficient (Wildman–Crippen LogP) is 4.07. The number of methoxy groups -OCH3 is 1. The lowest BCUT2D eigenvalue weighted by molar-refractivity contribution is 0.0946. The van der Waals surface area contributed by atoms with Crippen LogP contribution in [0.2, 0.25) is 0 Å². The van der Waals surface area contributed by atoms with Gasteiger partial charge in [0.25, 0.3) is 5.91 Å². The van der Waals surface area contributed by atoms with Gasteiger partial charge in [0, 0.05) is 18.4 Å². The third kappa shape index (κ3) is 5.97. The van der Waals surface area contributed by atoms with Gasteiger partial charge in [0.05, 0.1) is 24.9 Å². The number of benzene rings is 2. The van der Waals surface area contributed by atoms with Crippen LogP contribution in [0.25, 0.3) is 0 Å². The summed E-state index contributed by atoms with van der Waals surface area (Å²) >= 11 is 0. The molecule has 150 valence electrons. The number of rotatable bonds is 9. The molecule has 0 fully saturated rings. The fraction of sp³-hybridized carbons (Fsp3) is 0.217. The van der Waals surface area contributed by atoms with Crippen LogP contribution in [0, 0.1) is 0 Å². The molecule has 0 aliphatic carbocycles. The van der Waals surface area contributed by atoms with Crippen molar-refractivity contribution in [2.24, 2.45) is 0 Å². The van der Waals surface area contributed by atoms with Crippen molar-refractivity contribution < 1.29 is 14.3 Å². The third-order valence-corrected chi connectivity index (χ3v) is 4.40. The molecular weight excluding hydrogens is 366 g/mol. The van der Waals surface area contributed by atoms with Crippen LogP contribution in [0.5, 0.6) is 11.5 Å². The van der Waals surface area contributed by atoms with Crippen LogP contribution in [0.15, 0.2) is 73.1 Å². The topological polar surface area (TPSA) is 72.5 Å². The molecule has 1 aromatic heterocycles. The number of hydrogen-bond donors (Lipinski definition) is 2. The van der Waals surface area contributed by atoms with Crippen molar-refractivity contribution in [3.8, 4) is 11.5 Å². The van der Waals surface area contributed by atoms with Crippen LogP contribution in [0.1, 0.15) is 28.9 Å². The average Bonchev–Trinajstić information content (AvgIpc) is 2.77. The molecule has 1 amide bonds. The Kier molecular flexibility index (Phi) is 7.05. The second-order valence-electron chi connectivity index (χ2n) is 6.52. The van der Waals surface area contributed by atoms with Crippen molar-refractivity contribution in [2.75, 3.05) is 25.6 Å². The van der Waals surface area contributed by atoms with E-state index in [2.05, 4.69) is 34.7 Å². The van der Waals surface area contributed by atoms with Gasteiger partial charge in [-0.3, -0.25) is 9.78 Å². The van der Waals surface area contributed by atoms with Gasteiger partial charge in [-0.1, -0.05) is 30.3 Å². The van der Waals surface area contributed by atoms with Gasteiger partial charge in [-0.25, -0.2) is 0 Å². The van der Waals surface area contributed by atoms with E-state index in [-0.39, 0.29) is 11.9 Å². The summed E-state index contributed by atoms with van der Waals surface area (Å²) in [6, 6.07) is 19.3. The van der Waals surface area contributed by atoms with E-state index in [0.29, 0.717) is 18.7 Å². The number of anilines is 1. The summed E-state index contributed by atoms with van der Waals surface area (Å²) in [4.78, 5) is 16.6. The van der Waals surface area contributed by atoms with E-state index in [9.17, 15) is 4.79 Å². The smallest absolute Gasteiger partial charge is 0.253 e. The SMILES string of the molecule is COc1ccc(OCCNC(=O)c2cncc(NC(C)c3ccccc3)c2)cc1. The van der Waals surface area contributed by atoms with E-state index < -0.39 is 0 Å². The third-order valence-electron chi connectivity index (χ3n) is 4.40. The largest absolute Gasteiger partial charge is 0.497 e. The lowest BCUT2D eigenvalue weighted by Crippen LogP contribution is -2.28. The average molecular weight is 391 g/mol. The Morgan fingerprint density at radius 1 is 1.03 bits per heavy atom. The molecule has 0 radical (unpaired) electrons. The molecule has 6 heteroatoms. The van der Waals surface area contributed by atoms with E-state index in [1.54, 1.807) is 25.6 Å². The van der Waals surface area contributed by atoms with E-state index in [1.165, 1.54) is 0 Å². The monoisotopic (exact) mass is 391 g/mol. The number of carbonyl (C=O) groups is 1. The number of carbonyl (C=O) groups excluding carboxylic acids is 1. The number of pyridine rings is 1. The van der Waals surface area contributed by atoms with E-state index in [0.717, 1.165) is 22.7 Å². The van der Waals surface area contributed by atoms with Crippen molar-refractivity contribution in [1.82, 2.24) is 10.3 Å². The van der Waals surface area contributed by atoms with E-state index >= 15 is 0 Å². The standard InChI is InChI=1S/C23H25N3O3/c1-17(18-6-4-3-5-7-18)26-20-14-19(15-24-16-20)23(27)25-12-13-29-22-10-8-21(28-2)9-11-22/h3-11,14-17,26H,12-13H2,1-2H3,(H,25,27). The first kappa shape index (κ1) is 20.2. The molecule has 2 aromatic carbocycles. The van der Waals surface area contributed by atoms with Gasteiger partial charge in [0.2, 0.25) is 0 Å². The fourth-order valence-corrected chi connectivity index (χ4v) is 2.83. The summed E-state index contributed by atoms with van der Waals surface area (Å²) in [7, 11) is 1.62. The second kappa shape index (κ2) is 10.1. The lowest BCUT2D eigenvalue weighted by atomic mass is 10.1. The van der Waals surface area contributed by atoms with Crippen LogP contribution >= 0.6 is 0 Å². The Morgan fingerprint density at radius 3 is 2.48 bits per heavy atom. The highest BCUT2D eigenvalue weighted by Gasteiger charge is 2.09. The van der Waals surface area contributed by atoms with Crippen LogP contribution in [0.4, 0.5) is 5.69 Å². The van der Waals surface area contributed by atoms with Crippen molar-refractivity contribution in [3.05, 3.63) is 84.2 Å². The van der Waals surface area contributed by atoms with E-state index in [1.807, 2.05) is 42.5 Å². The maximum absolute atomic E-state index is 12.4. The molecule has 0 aliphatic heterocycles. The molecule has 0 spiro atoms. The minimum absolute atomic E-state index is 0.106. The molecule has 2 N–H and O–H groups in total. The number of ether oxygens (including phenoxy) is 2. The quantitative estimate of drug-likeness (QED) is 0.538. The molecule has 0 bridgehead atoms. The summed E-state index contributed by atoms with van der Waals surface area (Å²) < 4.78 is 10.7. The highest BCUT2D eigenvalue weighted by atomic mass is 16.5. The molecule has 29 heavy (non-hydrogen) atoms. The van der Waals surface area contributed by atoms with Gasteiger partial charge >= 0.3 is 0 Å². The van der Waals surface area contributed by atoms with E-state index in [4.69, 9.17) is 9.47 Å². The Balaban J connectivity index is 1.48. The summed E-state index contributed by atoms with van der Waals surface area (Å²) in [6.07, 6.45) is 3.26. The number of nitrogens with one attached hydrogen (secondary N) is 2. The van der Waals surface area contributed by atoms with Gasteiger partial charge in [-0.05, 0) is 42.8 Å². The Hall–Kier alpha value is -3.54. The molecule has 0 saturated heterocycles. The normalized spacial score (nSPS) is 11.4. The zero-order valence-electron chi connectivity index (χ0n) is 16.6. The molecular formula is C23H25N3O3. The van der Waals surface area contributed by atoms with Crippen LogP contribution in [-0.4, -0.2) is 31.2 Å². The molecule has 0 saturated carbocycles. The molecule has 1 unspecified atom stereocenters. The number of hydrogen-bond acceptors (Lipinski definition) is 5. The number of amides is 1. The fourth-order valence-electron chi connectivity index (χ4n) is 2.83. The van der Waals surface area contributed by atoms with Gasteiger partial charge in [-0.2, -0.15) is 0 Å².